The van der Waals surface area contributed by atoms with Gasteiger partial charge in [-0.05, 0) is 15.9 Å². The van der Waals surface area contributed by atoms with Crippen LogP contribution in [0.5, 0.6) is 0 Å². The van der Waals surface area contributed by atoms with Crippen LogP contribution in [0.3, 0.4) is 0 Å². The van der Waals surface area contributed by atoms with Crippen molar-refractivity contribution in [2.24, 2.45) is 5.92 Å². The van der Waals surface area contributed by atoms with Crippen LogP contribution in [0.4, 0.5) is 4.39 Å². The first-order valence-electron chi connectivity index (χ1n) is 3.25. The predicted octanol–water partition coefficient (Wildman–Crippen LogP) is 1.60. The van der Waals surface area contributed by atoms with E-state index in [1.165, 1.54) is 0 Å². The molecule has 2 aliphatic rings. The van der Waals surface area contributed by atoms with Crippen LogP contribution in [0.1, 0.15) is 6.42 Å². The summed E-state index contributed by atoms with van der Waals surface area (Å²) in [5.41, 5.74) is 0.418. The van der Waals surface area contributed by atoms with E-state index >= 15 is 0 Å². The van der Waals surface area contributed by atoms with Gasteiger partial charge in [-0.25, -0.2) is 4.39 Å². The molecule has 58 valence electrons. The van der Waals surface area contributed by atoms with Gasteiger partial charge in [0.05, 0.1) is 10.2 Å². The number of amides is 1. The summed E-state index contributed by atoms with van der Waals surface area (Å²) in [7, 11) is 0. The second kappa shape index (κ2) is 2.17. The molecule has 1 aliphatic heterocycles. The molecule has 4 heteroatoms. The van der Waals surface area contributed by atoms with E-state index in [-0.39, 0.29) is 17.7 Å². The third-order valence-corrected chi connectivity index (χ3v) is 2.46. The summed E-state index contributed by atoms with van der Waals surface area (Å²) in [5.74, 6) is -0.492. The van der Waals surface area contributed by atoms with E-state index in [2.05, 4.69) is 21.2 Å². The van der Waals surface area contributed by atoms with Crippen LogP contribution in [-0.4, -0.2) is 5.91 Å². The van der Waals surface area contributed by atoms with Crippen molar-refractivity contribution in [2.45, 2.75) is 6.42 Å². The molecule has 0 radical (unpaired) electrons. The summed E-state index contributed by atoms with van der Waals surface area (Å²) < 4.78 is 13.5. The largest absolute Gasteiger partial charge is 0.326 e. The van der Waals surface area contributed by atoms with Gasteiger partial charge in [-0.15, -0.1) is 0 Å². The van der Waals surface area contributed by atoms with Crippen molar-refractivity contribution in [1.29, 1.82) is 0 Å². The fraction of sp³-hybridized carbons (Fsp3) is 0.286. The number of fused-ring (bicyclic) bond motifs is 1. The fourth-order valence-corrected chi connectivity index (χ4v) is 1.87. The molecule has 0 aromatic rings. The van der Waals surface area contributed by atoms with E-state index in [1.54, 1.807) is 6.08 Å². The molecular formula is C7H5BrFNO. The molecule has 1 saturated heterocycles. The third kappa shape index (κ3) is 0.929. The molecule has 0 aromatic carbocycles. The first kappa shape index (κ1) is 7.03. The second-order valence-corrected chi connectivity index (χ2v) is 3.46. The summed E-state index contributed by atoms with van der Waals surface area (Å²) in [6.45, 7) is 0. The molecule has 1 unspecified atom stereocenters. The Balaban J connectivity index is 2.40. The van der Waals surface area contributed by atoms with Gasteiger partial charge in [-0.1, -0.05) is 6.08 Å². The lowest BCUT2D eigenvalue weighted by molar-refractivity contribution is -0.119. The van der Waals surface area contributed by atoms with Crippen molar-refractivity contribution in [3.05, 3.63) is 22.1 Å². The summed E-state index contributed by atoms with van der Waals surface area (Å²) in [5, 5.41) is 2.48. The van der Waals surface area contributed by atoms with Crippen LogP contribution >= 0.6 is 15.9 Å². The molecule has 0 bridgehead atoms. The molecule has 2 nitrogen and oxygen atoms in total. The Bertz CT molecular complexity index is 295. The first-order valence-corrected chi connectivity index (χ1v) is 4.05. The summed E-state index contributed by atoms with van der Waals surface area (Å²) in [6.07, 6.45) is 2.08. The van der Waals surface area contributed by atoms with Crippen molar-refractivity contribution in [3.63, 3.8) is 0 Å². The molecule has 2 rings (SSSR count). The van der Waals surface area contributed by atoms with E-state index < -0.39 is 0 Å². The van der Waals surface area contributed by atoms with E-state index in [0.29, 0.717) is 16.6 Å². The van der Waals surface area contributed by atoms with E-state index in [1.807, 2.05) is 0 Å². The monoisotopic (exact) mass is 217 g/mol. The van der Waals surface area contributed by atoms with Crippen LogP contribution in [0.2, 0.25) is 0 Å². The number of carbonyl (C=O) groups is 1. The molecule has 11 heavy (non-hydrogen) atoms. The van der Waals surface area contributed by atoms with E-state index in [0.717, 1.165) is 0 Å². The Morgan fingerprint density at radius 1 is 1.73 bits per heavy atom. The highest BCUT2D eigenvalue weighted by atomic mass is 79.9. The lowest BCUT2D eigenvalue weighted by Crippen LogP contribution is -2.12. The maximum Gasteiger partial charge on any atom is 0.225 e. The van der Waals surface area contributed by atoms with Crippen molar-refractivity contribution in [3.8, 4) is 0 Å². The minimum absolute atomic E-state index is 0.0584. The minimum Gasteiger partial charge on any atom is -0.326 e. The highest BCUT2D eigenvalue weighted by molar-refractivity contribution is 9.12. The molecule has 0 spiro atoms. The van der Waals surface area contributed by atoms with Crippen LogP contribution < -0.4 is 5.32 Å². The standard InChI is InChI=1S/C7H5BrFNO/c8-4-1-3-2-5(11)10-7(3)6(4)9/h1,3H,2H2,(H,10,11). The minimum atomic E-state index is -0.333. The van der Waals surface area contributed by atoms with Gasteiger partial charge in [-0.2, -0.15) is 0 Å². The Morgan fingerprint density at radius 3 is 3.09 bits per heavy atom. The van der Waals surface area contributed by atoms with Gasteiger partial charge < -0.3 is 5.32 Å². The lowest BCUT2D eigenvalue weighted by Gasteiger charge is -1.96. The van der Waals surface area contributed by atoms with Crippen molar-refractivity contribution in [2.75, 3.05) is 0 Å². The Kier molecular flexibility index (Phi) is 1.39. The van der Waals surface area contributed by atoms with E-state index in [9.17, 15) is 9.18 Å². The number of carbonyl (C=O) groups excluding carboxylic acids is 1. The molecular weight excluding hydrogens is 213 g/mol. The second-order valence-electron chi connectivity index (χ2n) is 2.60. The predicted molar refractivity (Wildman–Crippen MR) is 41.4 cm³/mol. The molecule has 1 N–H and O–H groups in total. The highest BCUT2D eigenvalue weighted by Crippen LogP contribution is 2.38. The van der Waals surface area contributed by atoms with Gasteiger partial charge >= 0.3 is 0 Å². The number of nitrogens with one attached hydrogen (secondary N) is 1. The molecule has 1 amide bonds. The summed E-state index contributed by atoms with van der Waals surface area (Å²) in [6, 6.07) is 0. The maximum atomic E-state index is 13.0. The average molecular weight is 218 g/mol. The van der Waals surface area contributed by atoms with Crippen molar-refractivity contribution < 1.29 is 9.18 Å². The van der Waals surface area contributed by atoms with Crippen LogP contribution in [-0.2, 0) is 4.79 Å². The Morgan fingerprint density at radius 2 is 2.45 bits per heavy atom. The smallest absolute Gasteiger partial charge is 0.225 e. The molecule has 1 fully saturated rings. The van der Waals surface area contributed by atoms with Gasteiger partial charge in [0.1, 0.15) is 0 Å². The number of hydrogen-bond donors (Lipinski definition) is 1. The first-order chi connectivity index (χ1) is 5.18. The number of rotatable bonds is 0. The Hall–Kier alpha value is -0.640. The SMILES string of the molecule is O=C1CC2C=C(Br)C(F)=C2N1. The zero-order valence-corrected chi connectivity index (χ0v) is 7.11. The fourth-order valence-electron chi connectivity index (χ4n) is 1.33. The zero-order chi connectivity index (χ0) is 8.01. The van der Waals surface area contributed by atoms with Crippen molar-refractivity contribution >= 4 is 21.8 Å². The van der Waals surface area contributed by atoms with Gasteiger partial charge in [0.15, 0.2) is 5.83 Å². The van der Waals surface area contributed by atoms with Gasteiger partial charge in [0, 0.05) is 12.3 Å². The van der Waals surface area contributed by atoms with E-state index in [4.69, 9.17) is 0 Å². The number of halogens is 2. The van der Waals surface area contributed by atoms with Gasteiger partial charge in [-0.3, -0.25) is 4.79 Å². The quantitative estimate of drug-likeness (QED) is 0.657. The number of hydrogen-bond acceptors (Lipinski definition) is 1. The zero-order valence-electron chi connectivity index (χ0n) is 5.53. The molecule has 1 aliphatic carbocycles. The topological polar surface area (TPSA) is 29.1 Å². The molecule has 1 heterocycles. The molecule has 0 aromatic heterocycles. The lowest BCUT2D eigenvalue weighted by atomic mass is 10.1. The van der Waals surface area contributed by atoms with Crippen LogP contribution in [0.15, 0.2) is 22.1 Å². The van der Waals surface area contributed by atoms with Gasteiger partial charge in [0.2, 0.25) is 5.91 Å². The van der Waals surface area contributed by atoms with Crippen LogP contribution in [0.25, 0.3) is 0 Å². The molecule has 0 saturated carbocycles. The average Bonchev–Trinajstić information content (AvgIpc) is 2.37. The summed E-state index contributed by atoms with van der Waals surface area (Å²) >= 11 is 3.06. The summed E-state index contributed by atoms with van der Waals surface area (Å²) in [4.78, 5) is 10.8. The number of allylic oxidation sites excluding steroid dienone is 3. The third-order valence-electron chi connectivity index (χ3n) is 1.84. The van der Waals surface area contributed by atoms with Crippen molar-refractivity contribution in [1.82, 2.24) is 5.32 Å². The Labute approximate surface area is 71.3 Å². The normalized spacial score (nSPS) is 28.7. The molecule has 1 atom stereocenters. The van der Waals surface area contributed by atoms with Gasteiger partial charge in [0.25, 0.3) is 0 Å². The van der Waals surface area contributed by atoms with Crippen LogP contribution in [0, 0.1) is 5.92 Å². The maximum absolute atomic E-state index is 13.0. The highest BCUT2D eigenvalue weighted by Gasteiger charge is 2.33.